The number of rotatable bonds is 4. The zero-order valence-electron chi connectivity index (χ0n) is 13.9. The van der Waals surface area contributed by atoms with Gasteiger partial charge in [-0.05, 0) is 27.7 Å². The van der Waals surface area contributed by atoms with E-state index in [0.29, 0.717) is 5.75 Å². The molecule has 0 spiro atoms. The van der Waals surface area contributed by atoms with Gasteiger partial charge < -0.3 is 4.74 Å². The van der Waals surface area contributed by atoms with Crippen LogP contribution in [0.15, 0.2) is 17.4 Å². The van der Waals surface area contributed by atoms with Crippen LogP contribution in [0.25, 0.3) is 5.65 Å². The van der Waals surface area contributed by atoms with Crippen molar-refractivity contribution in [2.75, 3.05) is 7.11 Å². The van der Waals surface area contributed by atoms with Gasteiger partial charge in [-0.2, -0.15) is 0 Å². The zero-order chi connectivity index (χ0) is 16.6. The minimum atomic E-state index is 0.705. The summed E-state index contributed by atoms with van der Waals surface area (Å²) in [7, 11) is 1.69. The molecule has 0 aliphatic carbocycles. The van der Waals surface area contributed by atoms with Gasteiger partial charge in [-0.3, -0.25) is 9.38 Å². The first-order chi connectivity index (χ1) is 11.0. The highest BCUT2D eigenvalue weighted by atomic mass is 32.2. The number of thioether (sulfide) groups is 1. The molecule has 0 aliphatic heterocycles. The lowest BCUT2D eigenvalue weighted by atomic mass is 10.1. The minimum absolute atomic E-state index is 0.705. The fraction of sp³-hybridized carbons (Fsp3) is 0.375. The Balaban J connectivity index is 1.90. The lowest BCUT2D eigenvalue weighted by molar-refractivity contribution is 0.407. The predicted octanol–water partition coefficient (Wildman–Crippen LogP) is 3.05. The van der Waals surface area contributed by atoms with Crippen molar-refractivity contribution in [2.24, 2.45) is 0 Å². The van der Waals surface area contributed by atoms with Crippen molar-refractivity contribution in [3.05, 3.63) is 40.6 Å². The van der Waals surface area contributed by atoms with Gasteiger partial charge >= 0.3 is 0 Å². The van der Waals surface area contributed by atoms with Crippen LogP contribution in [0.5, 0.6) is 5.75 Å². The van der Waals surface area contributed by atoms with Gasteiger partial charge in [-0.1, -0.05) is 11.8 Å². The molecule has 0 saturated carbocycles. The Kier molecular flexibility index (Phi) is 4.21. The first-order valence-electron chi connectivity index (χ1n) is 7.32. The molecule has 0 aromatic carbocycles. The van der Waals surface area contributed by atoms with Gasteiger partial charge in [-0.15, -0.1) is 10.2 Å². The fourth-order valence-electron chi connectivity index (χ4n) is 2.65. The summed E-state index contributed by atoms with van der Waals surface area (Å²) in [6, 6.07) is 1.93. The largest absolute Gasteiger partial charge is 0.496 e. The second-order valence-electron chi connectivity index (χ2n) is 5.46. The van der Waals surface area contributed by atoms with Crippen LogP contribution in [0.1, 0.15) is 28.3 Å². The van der Waals surface area contributed by atoms with Crippen molar-refractivity contribution in [3.8, 4) is 5.75 Å². The highest BCUT2D eigenvalue weighted by molar-refractivity contribution is 7.98. The van der Waals surface area contributed by atoms with Gasteiger partial charge in [0.05, 0.1) is 12.8 Å². The summed E-state index contributed by atoms with van der Waals surface area (Å²) >= 11 is 1.60. The maximum absolute atomic E-state index is 5.46. The average molecular weight is 329 g/mol. The summed E-state index contributed by atoms with van der Waals surface area (Å²) < 4.78 is 7.43. The Morgan fingerprint density at radius 3 is 2.70 bits per heavy atom. The summed E-state index contributed by atoms with van der Waals surface area (Å²) in [6.07, 6.45) is 1.85. The molecule has 0 amide bonds. The van der Waals surface area contributed by atoms with Crippen molar-refractivity contribution in [1.29, 1.82) is 0 Å². The van der Waals surface area contributed by atoms with Gasteiger partial charge in [0.25, 0.3) is 0 Å². The van der Waals surface area contributed by atoms with E-state index in [2.05, 4.69) is 20.2 Å². The first-order valence-corrected chi connectivity index (χ1v) is 8.31. The summed E-state index contributed by atoms with van der Waals surface area (Å²) in [4.78, 5) is 9.01. The van der Waals surface area contributed by atoms with E-state index in [1.54, 1.807) is 18.9 Å². The lowest BCUT2D eigenvalue weighted by Gasteiger charge is -2.11. The van der Waals surface area contributed by atoms with Gasteiger partial charge in [0, 0.05) is 34.8 Å². The summed E-state index contributed by atoms with van der Waals surface area (Å²) in [5.41, 5.74) is 4.87. The second kappa shape index (κ2) is 6.16. The zero-order valence-corrected chi connectivity index (χ0v) is 14.7. The van der Waals surface area contributed by atoms with E-state index in [-0.39, 0.29) is 0 Å². The lowest BCUT2D eigenvalue weighted by Crippen LogP contribution is -2.01. The molecule has 0 N–H and O–H groups in total. The number of methoxy groups -OCH3 is 1. The van der Waals surface area contributed by atoms with E-state index in [1.807, 2.05) is 44.4 Å². The summed E-state index contributed by atoms with van der Waals surface area (Å²) in [5, 5.41) is 9.33. The molecule has 7 heteroatoms. The number of pyridine rings is 1. The van der Waals surface area contributed by atoms with Crippen molar-refractivity contribution in [2.45, 2.75) is 38.6 Å². The Morgan fingerprint density at radius 2 is 1.96 bits per heavy atom. The van der Waals surface area contributed by atoms with E-state index < -0.39 is 0 Å². The third kappa shape index (κ3) is 2.88. The molecule has 23 heavy (non-hydrogen) atoms. The molecule has 3 aromatic heterocycles. The Hall–Kier alpha value is -2.15. The molecule has 3 aromatic rings. The van der Waals surface area contributed by atoms with E-state index in [1.165, 1.54) is 0 Å². The molecular weight excluding hydrogens is 310 g/mol. The Labute approximate surface area is 139 Å². The molecule has 0 radical (unpaired) electrons. The smallest absolute Gasteiger partial charge is 0.197 e. The first kappa shape index (κ1) is 15.7. The highest BCUT2D eigenvalue weighted by Crippen LogP contribution is 2.28. The van der Waals surface area contributed by atoms with E-state index in [0.717, 1.165) is 44.9 Å². The van der Waals surface area contributed by atoms with Gasteiger partial charge in [0.15, 0.2) is 10.8 Å². The number of nitrogens with zero attached hydrogens (tertiary/aromatic N) is 5. The third-order valence-electron chi connectivity index (χ3n) is 3.75. The summed E-state index contributed by atoms with van der Waals surface area (Å²) in [5.74, 6) is 2.49. The van der Waals surface area contributed by atoms with Crippen molar-refractivity contribution in [3.63, 3.8) is 0 Å². The van der Waals surface area contributed by atoms with Crippen LogP contribution < -0.4 is 4.74 Å². The molecule has 0 fully saturated rings. The fourth-order valence-corrected chi connectivity index (χ4v) is 3.66. The van der Waals surface area contributed by atoms with E-state index in [9.17, 15) is 0 Å². The molecule has 0 unspecified atom stereocenters. The molecule has 0 aliphatic rings. The molecule has 3 rings (SSSR count). The van der Waals surface area contributed by atoms with E-state index in [4.69, 9.17) is 4.74 Å². The number of aromatic nitrogens is 5. The molecule has 6 nitrogen and oxygen atoms in total. The Morgan fingerprint density at radius 1 is 1.17 bits per heavy atom. The number of fused-ring (bicyclic) bond motifs is 1. The maximum Gasteiger partial charge on any atom is 0.197 e. The SMILES string of the molecule is COc1c(C)cnc(CSc2nnc3cc(C)nc(C)n23)c1C. The normalized spacial score (nSPS) is 11.2. The number of hydrogen-bond donors (Lipinski definition) is 0. The van der Waals surface area contributed by atoms with Crippen LogP contribution in [0, 0.1) is 27.7 Å². The van der Waals surface area contributed by atoms with Crippen molar-refractivity contribution in [1.82, 2.24) is 24.6 Å². The third-order valence-corrected chi connectivity index (χ3v) is 4.69. The van der Waals surface area contributed by atoms with Crippen LogP contribution in [-0.4, -0.2) is 31.7 Å². The van der Waals surface area contributed by atoms with Crippen molar-refractivity contribution >= 4 is 17.4 Å². The Bertz CT molecular complexity index is 875. The molecular formula is C16H19N5OS. The predicted molar refractivity (Wildman–Crippen MR) is 90.1 cm³/mol. The van der Waals surface area contributed by atoms with Crippen LogP contribution in [0.3, 0.4) is 0 Å². The average Bonchev–Trinajstić information content (AvgIpc) is 2.90. The van der Waals surface area contributed by atoms with Gasteiger partial charge in [0.2, 0.25) is 0 Å². The van der Waals surface area contributed by atoms with Crippen LogP contribution in [0.4, 0.5) is 0 Å². The highest BCUT2D eigenvalue weighted by Gasteiger charge is 2.13. The van der Waals surface area contributed by atoms with Gasteiger partial charge in [-0.25, -0.2) is 4.98 Å². The standard InChI is InChI=1S/C16H19N5OS/c1-9-7-17-13(11(3)15(9)22-5)8-23-16-20-19-14-6-10(2)18-12(4)21(14)16/h6-7H,8H2,1-5H3. The number of aryl methyl sites for hydroxylation is 3. The van der Waals surface area contributed by atoms with Crippen LogP contribution in [0.2, 0.25) is 0 Å². The molecule has 3 heterocycles. The number of hydrogen-bond acceptors (Lipinski definition) is 6. The molecule has 0 saturated heterocycles. The maximum atomic E-state index is 5.46. The number of ether oxygens (including phenoxy) is 1. The monoisotopic (exact) mass is 329 g/mol. The van der Waals surface area contributed by atoms with Crippen LogP contribution >= 0.6 is 11.8 Å². The molecule has 0 bridgehead atoms. The second-order valence-corrected chi connectivity index (χ2v) is 6.40. The van der Waals surface area contributed by atoms with Crippen LogP contribution in [-0.2, 0) is 5.75 Å². The van der Waals surface area contributed by atoms with Gasteiger partial charge in [0.1, 0.15) is 11.6 Å². The minimum Gasteiger partial charge on any atom is -0.496 e. The van der Waals surface area contributed by atoms with Crippen molar-refractivity contribution < 1.29 is 4.74 Å². The quantitative estimate of drug-likeness (QED) is 0.686. The topological polar surface area (TPSA) is 65.2 Å². The van der Waals surface area contributed by atoms with E-state index >= 15 is 0 Å². The molecule has 0 atom stereocenters. The summed E-state index contributed by atoms with van der Waals surface area (Å²) in [6.45, 7) is 7.96. The molecule has 120 valence electrons.